The van der Waals surface area contributed by atoms with Gasteiger partial charge in [-0.2, -0.15) is 0 Å². The van der Waals surface area contributed by atoms with Crippen molar-refractivity contribution in [1.29, 1.82) is 0 Å². The molecule has 0 spiro atoms. The Morgan fingerprint density at radius 1 is 1.15 bits per heavy atom. The average Bonchev–Trinajstić information content (AvgIpc) is 3.12. The summed E-state index contributed by atoms with van der Waals surface area (Å²) in [6, 6.07) is 19.4. The largest absolute Gasteiger partial charge is 0.497 e. The van der Waals surface area contributed by atoms with Crippen molar-refractivity contribution in [3.63, 3.8) is 0 Å². The maximum atomic E-state index is 13.1. The Labute approximate surface area is 161 Å². The number of fused-ring (bicyclic) bond motifs is 2. The zero-order valence-electron chi connectivity index (χ0n) is 14.9. The summed E-state index contributed by atoms with van der Waals surface area (Å²) in [5, 5.41) is 1.98. The second-order valence-corrected chi connectivity index (χ2v) is 7.12. The molecule has 0 N–H and O–H groups in total. The smallest absolute Gasteiger partial charge is 0.268 e. The molecule has 0 aliphatic carbocycles. The van der Waals surface area contributed by atoms with Crippen LogP contribution in [0.4, 0.5) is 5.69 Å². The number of hydrogen-bond acceptors (Lipinski definition) is 4. The van der Waals surface area contributed by atoms with Gasteiger partial charge in [0, 0.05) is 29.1 Å². The first-order chi connectivity index (χ1) is 13.2. The van der Waals surface area contributed by atoms with Crippen LogP contribution >= 0.6 is 11.3 Å². The molecule has 1 amide bonds. The van der Waals surface area contributed by atoms with Crippen LogP contribution in [0.1, 0.15) is 9.67 Å². The SMILES string of the molecule is C=CCN(C(=O)c1cc2cc3ccc(OC)cc3nc2s1)c1ccccc1. The monoisotopic (exact) mass is 374 g/mol. The van der Waals surface area contributed by atoms with Gasteiger partial charge in [0.15, 0.2) is 0 Å². The molecule has 4 rings (SSSR count). The number of carbonyl (C=O) groups is 1. The minimum absolute atomic E-state index is 0.0502. The van der Waals surface area contributed by atoms with E-state index in [2.05, 4.69) is 12.6 Å². The van der Waals surface area contributed by atoms with Crippen molar-refractivity contribution in [2.45, 2.75) is 0 Å². The summed E-state index contributed by atoms with van der Waals surface area (Å²) < 4.78 is 5.28. The van der Waals surface area contributed by atoms with Crippen LogP contribution in [0.2, 0.25) is 0 Å². The summed E-state index contributed by atoms with van der Waals surface area (Å²) in [4.78, 5) is 21.1. The third kappa shape index (κ3) is 3.29. The fraction of sp³-hybridized carbons (Fsp3) is 0.0909. The number of pyridine rings is 1. The Hall–Kier alpha value is -3.18. The van der Waals surface area contributed by atoms with E-state index >= 15 is 0 Å². The number of carbonyl (C=O) groups excluding carboxylic acids is 1. The third-order valence-corrected chi connectivity index (χ3v) is 5.38. The van der Waals surface area contributed by atoms with Gasteiger partial charge in [0.1, 0.15) is 10.6 Å². The van der Waals surface area contributed by atoms with E-state index in [0.717, 1.165) is 32.6 Å². The van der Waals surface area contributed by atoms with Crippen molar-refractivity contribution in [3.8, 4) is 5.75 Å². The third-order valence-electron chi connectivity index (χ3n) is 4.35. The molecule has 27 heavy (non-hydrogen) atoms. The van der Waals surface area contributed by atoms with Gasteiger partial charge < -0.3 is 9.64 Å². The Balaban J connectivity index is 1.76. The van der Waals surface area contributed by atoms with E-state index in [-0.39, 0.29) is 5.91 Å². The number of hydrogen-bond donors (Lipinski definition) is 0. The van der Waals surface area contributed by atoms with E-state index in [1.165, 1.54) is 11.3 Å². The van der Waals surface area contributed by atoms with Crippen molar-refractivity contribution in [3.05, 3.63) is 78.2 Å². The first-order valence-corrected chi connectivity index (χ1v) is 9.37. The highest BCUT2D eigenvalue weighted by Crippen LogP contribution is 2.30. The maximum Gasteiger partial charge on any atom is 0.268 e. The van der Waals surface area contributed by atoms with E-state index < -0.39 is 0 Å². The van der Waals surface area contributed by atoms with Crippen molar-refractivity contribution in [1.82, 2.24) is 4.98 Å². The highest BCUT2D eigenvalue weighted by molar-refractivity contribution is 7.20. The lowest BCUT2D eigenvalue weighted by Crippen LogP contribution is -2.30. The number of rotatable bonds is 5. The van der Waals surface area contributed by atoms with E-state index in [1.54, 1.807) is 18.1 Å². The van der Waals surface area contributed by atoms with E-state index in [0.29, 0.717) is 11.4 Å². The van der Waals surface area contributed by atoms with Crippen LogP contribution in [0, 0.1) is 0 Å². The van der Waals surface area contributed by atoms with Gasteiger partial charge in [0.05, 0.1) is 17.5 Å². The Bertz CT molecular complexity index is 1140. The van der Waals surface area contributed by atoms with Gasteiger partial charge >= 0.3 is 0 Å². The average molecular weight is 374 g/mol. The van der Waals surface area contributed by atoms with Gasteiger partial charge in [0.2, 0.25) is 0 Å². The highest BCUT2D eigenvalue weighted by Gasteiger charge is 2.19. The van der Waals surface area contributed by atoms with Gasteiger partial charge in [-0.1, -0.05) is 24.3 Å². The van der Waals surface area contributed by atoms with Crippen LogP contribution in [0.5, 0.6) is 5.75 Å². The number of ether oxygens (including phenoxy) is 1. The van der Waals surface area contributed by atoms with Crippen LogP contribution in [-0.2, 0) is 0 Å². The molecular weight excluding hydrogens is 356 g/mol. The van der Waals surface area contributed by atoms with Crippen LogP contribution in [0.3, 0.4) is 0 Å². The topological polar surface area (TPSA) is 42.4 Å². The number of amides is 1. The molecule has 0 saturated heterocycles. The molecule has 0 saturated carbocycles. The molecule has 4 nitrogen and oxygen atoms in total. The first-order valence-electron chi connectivity index (χ1n) is 8.56. The van der Waals surface area contributed by atoms with Crippen LogP contribution < -0.4 is 9.64 Å². The molecule has 0 aliphatic heterocycles. The summed E-state index contributed by atoms with van der Waals surface area (Å²) >= 11 is 1.41. The summed E-state index contributed by atoms with van der Waals surface area (Å²) in [7, 11) is 1.64. The molecule has 0 atom stereocenters. The lowest BCUT2D eigenvalue weighted by Gasteiger charge is -2.20. The normalized spacial score (nSPS) is 10.9. The van der Waals surface area contributed by atoms with E-state index in [4.69, 9.17) is 9.72 Å². The van der Waals surface area contributed by atoms with E-state index in [9.17, 15) is 4.79 Å². The van der Waals surface area contributed by atoms with Gasteiger partial charge in [-0.15, -0.1) is 17.9 Å². The van der Waals surface area contributed by atoms with Crippen LogP contribution in [0.25, 0.3) is 21.1 Å². The quantitative estimate of drug-likeness (QED) is 0.446. The molecule has 0 aliphatic rings. The number of benzene rings is 2. The number of methoxy groups -OCH3 is 1. The second-order valence-electron chi connectivity index (χ2n) is 6.09. The zero-order chi connectivity index (χ0) is 18.8. The summed E-state index contributed by atoms with van der Waals surface area (Å²) in [5.41, 5.74) is 1.71. The van der Waals surface area contributed by atoms with Crippen molar-refractivity contribution in [2.75, 3.05) is 18.6 Å². The summed E-state index contributed by atoms with van der Waals surface area (Å²) in [5.74, 6) is 0.717. The number of para-hydroxylation sites is 1. The molecule has 0 bridgehead atoms. The predicted octanol–water partition coefficient (Wildman–Crippen LogP) is 5.29. The fourth-order valence-electron chi connectivity index (χ4n) is 3.01. The lowest BCUT2D eigenvalue weighted by atomic mass is 10.2. The number of thiophene rings is 1. The van der Waals surface area contributed by atoms with Gasteiger partial charge in [0.25, 0.3) is 5.91 Å². The molecule has 2 aromatic carbocycles. The lowest BCUT2D eigenvalue weighted by molar-refractivity contribution is 0.0993. The summed E-state index contributed by atoms with van der Waals surface area (Å²) in [6.45, 7) is 4.23. The molecule has 134 valence electrons. The van der Waals surface area contributed by atoms with Gasteiger partial charge in [-0.25, -0.2) is 4.98 Å². The van der Waals surface area contributed by atoms with Crippen LogP contribution in [-0.4, -0.2) is 24.5 Å². The summed E-state index contributed by atoms with van der Waals surface area (Å²) in [6.07, 6.45) is 1.73. The van der Waals surface area contributed by atoms with Crippen molar-refractivity contribution >= 4 is 44.1 Å². The Kier molecular flexibility index (Phi) is 4.60. The Morgan fingerprint density at radius 2 is 1.96 bits per heavy atom. The zero-order valence-corrected chi connectivity index (χ0v) is 15.7. The molecule has 0 radical (unpaired) electrons. The molecule has 2 aromatic heterocycles. The van der Waals surface area contributed by atoms with E-state index in [1.807, 2.05) is 54.6 Å². The first kappa shape index (κ1) is 17.2. The molecule has 4 aromatic rings. The predicted molar refractivity (Wildman–Crippen MR) is 112 cm³/mol. The molecular formula is C22H18N2O2S. The highest BCUT2D eigenvalue weighted by atomic mass is 32.1. The van der Waals surface area contributed by atoms with Crippen LogP contribution in [0.15, 0.2) is 73.3 Å². The standard InChI is InChI=1S/C22H18N2O2S/c1-3-11-24(17-7-5-4-6-8-17)22(25)20-13-16-12-15-9-10-18(26-2)14-19(15)23-21(16)27-20/h3-10,12-14H,1,11H2,2H3. The minimum atomic E-state index is -0.0502. The molecule has 2 heterocycles. The number of nitrogens with zero attached hydrogens (tertiary/aromatic N) is 2. The van der Waals surface area contributed by atoms with Gasteiger partial charge in [-0.3, -0.25) is 4.79 Å². The minimum Gasteiger partial charge on any atom is -0.497 e. The number of aromatic nitrogens is 1. The van der Waals surface area contributed by atoms with Crippen molar-refractivity contribution in [2.24, 2.45) is 0 Å². The molecule has 5 heteroatoms. The Morgan fingerprint density at radius 3 is 2.70 bits per heavy atom. The maximum absolute atomic E-state index is 13.1. The molecule has 0 unspecified atom stereocenters. The number of anilines is 1. The van der Waals surface area contributed by atoms with Gasteiger partial charge in [-0.05, 0) is 36.4 Å². The fourth-order valence-corrected chi connectivity index (χ4v) is 3.98. The molecule has 0 fully saturated rings. The van der Waals surface area contributed by atoms with Crippen molar-refractivity contribution < 1.29 is 9.53 Å². The second kappa shape index (κ2) is 7.21.